The molecule has 1 atom stereocenters. The van der Waals surface area contributed by atoms with Crippen molar-refractivity contribution in [1.29, 1.82) is 0 Å². The minimum Gasteiger partial charge on any atom is -0.274 e. The first-order valence-corrected chi connectivity index (χ1v) is 8.60. The van der Waals surface area contributed by atoms with E-state index in [1.807, 2.05) is 6.92 Å². The lowest BCUT2D eigenvalue weighted by Crippen LogP contribution is -2.32. The minimum absolute atomic E-state index is 0.137. The lowest BCUT2D eigenvalue weighted by Gasteiger charge is -2.16. The molecular formula is C12H14INO3S. The second-order valence-corrected chi connectivity index (χ2v) is 7.21. The molecule has 1 unspecified atom stereocenters. The number of hydrogen-bond donors (Lipinski definition) is 0. The van der Waals surface area contributed by atoms with Gasteiger partial charge >= 0.3 is 0 Å². The quantitative estimate of drug-likeness (QED) is 0.596. The lowest BCUT2D eigenvalue weighted by atomic mass is 10.2. The van der Waals surface area contributed by atoms with Crippen molar-refractivity contribution in [2.45, 2.75) is 18.2 Å². The second-order valence-electron chi connectivity index (χ2n) is 4.47. The van der Waals surface area contributed by atoms with Crippen LogP contribution < -0.4 is 0 Å². The van der Waals surface area contributed by atoms with Crippen molar-refractivity contribution in [3.8, 4) is 0 Å². The molecule has 0 saturated carbocycles. The smallest absolute Gasteiger partial charge is 0.266 e. The van der Waals surface area contributed by atoms with E-state index in [0.29, 0.717) is 13.0 Å². The van der Waals surface area contributed by atoms with E-state index in [-0.39, 0.29) is 16.7 Å². The summed E-state index contributed by atoms with van der Waals surface area (Å²) >= 11 is 2.18. The molecule has 1 saturated heterocycles. The van der Waals surface area contributed by atoms with Gasteiger partial charge in [0.2, 0.25) is 5.91 Å². The molecule has 2 rings (SSSR count). The number of sulfonamides is 1. The van der Waals surface area contributed by atoms with Gasteiger partial charge in [0, 0.05) is 17.4 Å². The van der Waals surface area contributed by atoms with Crippen LogP contribution in [-0.2, 0) is 14.8 Å². The molecule has 18 heavy (non-hydrogen) atoms. The van der Waals surface area contributed by atoms with E-state index in [2.05, 4.69) is 22.6 Å². The molecule has 98 valence electrons. The topological polar surface area (TPSA) is 54.5 Å². The highest BCUT2D eigenvalue weighted by Crippen LogP contribution is 2.26. The van der Waals surface area contributed by atoms with Crippen molar-refractivity contribution < 1.29 is 13.2 Å². The number of rotatable bonds is 3. The first-order chi connectivity index (χ1) is 8.45. The Bertz CT molecular complexity index is 553. The number of carbonyl (C=O) groups excluding carboxylic acids is 1. The largest absolute Gasteiger partial charge is 0.274 e. The van der Waals surface area contributed by atoms with Crippen LogP contribution in [0.2, 0.25) is 0 Å². The molecule has 0 aromatic heterocycles. The molecule has 0 radical (unpaired) electrons. The normalized spacial score (nSPS) is 20.4. The summed E-state index contributed by atoms with van der Waals surface area (Å²) < 4.78 is 26.5. The van der Waals surface area contributed by atoms with Gasteiger partial charge in [-0.15, -0.1) is 0 Å². The van der Waals surface area contributed by atoms with Crippen molar-refractivity contribution in [1.82, 2.24) is 4.31 Å². The average molecular weight is 379 g/mol. The SMILES string of the molecule is Cc1ccc(S(=O)(=O)N2CC(CI)CC2=O)cc1. The molecular weight excluding hydrogens is 365 g/mol. The van der Waals surface area contributed by atoms with Crippen LogP contribution in [0.5, 0.6) is 0 Å². The Labute approximate surface area is 121 Å². The maximum absolute atomic E-state index is 12.3. The predicted molar refractivity (Wildman–Crippen MR) is 77.1 cm³/mol. The first-order valence-electron chi connectivity index (χ1n) is 5.63. The van der Waals surface area contributed by atoms with E-state index < -0.39 is 10.0 Å². The molecule has 1 amide bonds. The summed E-state index contributed by atoms with van der Waals surface area (Å²) in [5, 5.41) is 0. The Hall–Kier alpha value is -0.630. The van der Waals surface area contributed by atoms with Crippen molar-refractivity contribution in [2.75, 3.05) is 11.0 Å². The number of hydrogen-bond acceptors (Lipinski definition) is 3. The highest BCUT2D eigenvalue weighted by atomic mass is 127. The van der Waals surface area contributed by atoms with Gasteiger partial charge in [-0.25, -0.2) is 12.7 Å². The van der Waals surface area contributed by atoms with E-state index >= 15 is 0 Å². The molecule has 6 heteroatoms. The molecule has 0 aliphatic carbocycles. The zero-order chi connectivity index (χ0) is 13.3. The monoisotopic (exact) mass is 379 g/mol. The number of halogens is 1. The van der Waals surface area contributed by atoms with Crippen LogP contribution in [0.3, 0.4) is 0 Å². The Morgan fingerprint density at radius 3 is 2.44 bits per heavy atom. The van der Waals surface area contributed by atoms with Crippen LogP contribution in [0.25, 0.3) is 0 Å². The third-order valence-electron chi connectivity index (χ3n) is 2.99. The van der Waals surface area contributed by atoms with Crippen molar-refractivity contribution in [2.24, 2.45) is 5.92 Å². The van der Waals surface area contributed by atoms with E-state index in [0.717, 1.165) is 14.3 Å². The van der Waals surface area contributed by atoms with E-state index in [1.54, 1.807) is 24.3 Å². The van der Waals surface area contributed by atoms with Gasteiger partial charge in [-0.3, -0.25) is 4.79 Å². The van der Waals surface area contributed by atoms with Gasteiger partial charge < -0.3 is 0 Å². The minimum atomic E-state index is -3.67. The molecule has 1 fully saturated rings. The zero-order valence-corrected chi connectivity index (χ0v) is 12.9. The van der Waals surface area contributed by atoms with Crippen molar-refractivity contribution >= 4 is 38.5 Å². The van der Waals surface area contributed by atoms with E-state index in [1.165, 1.54) is 0 Å². The predicted octanol–water partition coefficient (Wildman–Crippen LogP) is 1.97. The van der Waals surface area contributed by atoms with Crippen LogP contribution in [0.1, 0.15) is 12.0 Å². The molecule has 4 nitrogen and oxygen atoms in total. The van der Waals surface area contributed by atoms with E-state index in [4.69, 9.17) is 0 Å². The Kier molecular flexibility index (Phi) is 3.96. The maximum atomic E-state index is 12.3. The van der Waals surface area contributed by atoms with Crippen LogP contribution in [0, 0.1) is 12.8 Å². The molecule has 1 aliphatic heterocycles. The highest BCUT2D eigenvalue weighted by Gasteiger charge is 2.37. The molecule has 1 heterocycles. The zero-order valence-electron chi connectivity index (χ0n) is 9.97. The Balaban J connectivity index is 2.32. The number of amides is 1. The van der Waals surface area contributed by atoms with Gasteiger partial charge in [0.1, 0.15) is 0 Å². The fourth-order valence-electron chi connectivity index (χ4n) is 1.92. The summed E-state index contributed by atoms with van der Waals surface area (Å²) in [6.45, 7) is 2.20. The number of benzene rings is 1. The number of aryl methyl sites for hydroxylation is 1. The molecule has 1 aliphatic rings. The standard InChI is InChI=1S/C12H14INO3S/c1-9-2-4-11(5-3-9)18(16,17)14-8-10(7-13)6-12(14)15/h2-5,10H,6-8H2,1H3. The average Bonchev–Trinajstić information content (AvgIpc) is 2.72. The fraction of sp³-hybridized carbons (Fsp3) is 0.417. The van der Waals surface area contributed by atoms with Crippen LogP contribution >= 0.6 is 22.6 Å². The summed E-state index contributed by atoms with van der Waals surface area (Å²) in [5.74, 6) is -0.157. The molecule has 0 bridgehead atoms. The fourth-order valence-corrected chi connectivity index (χ4v) is 4.00. The van der Waals surface area contributed by atoms with Crippen LogP contribution in [0.4, 0.5) is 0 Å². The highest BCUT2D eigenvalue weighted by molar-refractivity contribution is 14.1. The Morgan fingerprint density at radius 2 is 1.94 bits per heavy atom. The first kappa shape index (κ1) is 13.8. The number of carbonyl (C=O) groups is 1. The van der Waals surface area contributed by atoms with Gasteiger partial charge in [0.25, 0.3) is 10.0 Å². The summed E-state index contributed by atoms with van der Waals surface area (Å²) in [7, 11) is -3.67. The van der Waals surface area contributed by atoms with Crippen LogP contribution in [-0.4, -0.2) is 29.6 Å². The van der Waals surface area contributed by atoms with Gasteiger partial charge in [-0.05, 0) is 25.0 Å². The van der Waals surface area contributed by atoms with Crippen LogP contribution in [0.15, 0.2) is 29.2 Å². The Morgan fingerprint density at radius 1 is 1.33 bits per heavy atom. The lowest BCUT2D eigenvalue weighted by molar-refractivity contribution is -0.123. The summed E-state index contributed by atoms with van der Waals surface area (Å²) in [6, 6.07) is 6.58. The third kappa shape index (κ3) is 2.54. The van der Waals surface area contributed by atoms with E-state index in [9.17, 15) is 13.2 Å². The summed E-state index contributed by atoms with van der Waals surface area (Å²) in [4.78, 5) is 12.0. The van der Waals surface area contributed by atoms with Gasteiger partial charge in [0.15, 0.2) is 0 Å². The second kappa shape index (κ2) is 5.16. The van der Waals surface area contributed by atoms with Gasteiger partial charge in [-0.2, -0.15) is 0 Å². The maximum Gasteiger partial charge on any atom is 0.266 e. The van der Waals surface area contributed by atoms with Crippen molar-refractivity contribution in [3.05, 3.63) is 29.8 Å². The molecule has 0 N–H and O–H groups in total. The third-order valence-corrected chi connectivity index (χ3v) is 6.04. The number of nitrogens with zero attached hydrogens (tertiary/aromatic N) is 1. The molecule has 1 aromatic rings. The molecule has 1 aromatic carbocycles. The summed E-state index contributed by atoms with van der Waals surface area (Å²) in [6.07, 6.45) is 0.327. The van der Waals surface area contributed by atoms with Crippen molar-refractivity contribution in [3.63, 3.8) is 0 Å². The summed E-state index contributed by atoms with van der Waals surface area (Å²) in [5.41, 5.74) is 0.992. The number of alkyl halides is 1. The molecule has 0 spiro atoms. The van der Waals surface area contributed by atoms with Gasteiger partial charge in [0.05, 0.1) is 4.90 Å². The van der Waals surface area contributed by atoms with Gasteiger partial charge in [-0.1, -0.05) is 40.3 Å².